The summed E-state index contributed by atoms with van der Waals surface area (Å²) < 4.78 is 0. The summed E-state index contributed by atoms with van der Waals surface area (Å²) in [5.74, 6) is 0. The van der Waals surface area contributed by atoms with E-state index in [4.69, 9.17) is 0 Å². The largest absolute Gasteiger partial charge is 0.389 e. The Morgan fingerprint density at radius 3 is 2.84 bits per heavy atom. The molecule has 0 radical (unpaired) electrons. The predicted octanol–water partition coefficient (Wildman–Crippen LogP) is 2.90. The first kappa shape index (κ1) is 12.7. The number of hydrogen-bond acceptors (Lipinski definition) is 2. The molecule has 1 heterocycles. The van der Waals surface area contributed by atoms with Gasteiger partial charge in [0.15, 0.2) is 0 Å². The number of aromatic nitrogens is 1. The Balaban J connectivity index is 1.72. The van der Waals surface area contributed by atoms with Gasteiger partial charge in [-0.05, 0) is 37.6 Å². The lowest BCUT2D eigenvalue weighted by atomic mass is 10.0. The van der Waals surface area contributed by atoms with Gasteiger partial charge in [-0.3, -0.25) is 4.90 Å². The Labute approximate surface area is 114 Å². The number of benzene rings is 1. The van der Waals surface area contributed by atoms with Crippen LogP contribution in [-0.4, -0.2) is 34.2 Å². The van der Waals surface area contributed by atoms with E-state index in [2.05, 4.69) is 41.2 Å². The molecule has 1 aliphatic carbocycles. The molecule has 3 rings (SSSR count). The number of nitrogens with one attached hydrogen (secondary N) is 1. The summed E-state index contributed by atoms with van der Waals surface area (Å²) in [4.78, 5) is 5.49. The van der Waals surface area contributed by atoms with Crippen LogP contribution in [0.4, 0.5) is 0 Å². The zero-order valence-corrected chi connectivity index (χ0v) is 11.5. The fourth-order valence-corrected chi connectivity index (χ4v) is 3.33. The lowest BCUT2D eigenvalue weighted by molar-refractivity contribution is 0.0146. The smallest absolute Gasteiger partial charge is 0.0774 e. The molecule has 1 aliphatic rings. The van der Waals surface area contributed by atoms with Crippen LogP contribution in [0.25, 0.3) is 10.9 Å². The van der Waals surface area contributed by atoms with Crippen molar-refractivity contribution in [3.8, 4) is 0 Å². The van der Waals surface area contributed by atoms with Gasteiger partial charge in [-0.2, -0.15) is 0 Å². The Morgan fingerprint density at radius 1 is 1.26 bits per heavy atom. The van der Waals surface area contributed by atoms with E-state index in [1.54, 1.807) is 0 Å². The maximum absolute atomic E-state index is 10.5. The quantitative estimate of drug-likeness (QED) is 0.885. The molecule has 0 unspecified atom stereocenters. The number of aliphatic hydroxyl groups is 1. The van der Waals surface area contributed by atoms with Crippen LogP contribution in [0, 0.1) is 0 Å². The standard InChI is InChI=1S/C16H22N2O/c1-18(12-16(19)8-2-3-9-16)11-13-5-4-6-15-14(13)7-10-17-15/h4-7,10,17,19H,2-3,8-9,11-12H2,1H3. The fraction of sp³-hybridized carbons (Fsp3) is 0.500. The Kier molecular flexibility index (Phi) is 3.33. The molecule has 2 N–H and O–H groups in total. The lowest BCUT2D eigenvalue weighted by Crippen LogP contribution is -2.38. The molecule has 19 heavy (non-hydrogen) atoms. The van der Waals surface area contributed by atoms with Crippen LogP contribution in [0.5, 0.6) is 0 Å². The lowest BCUT2D eigenvalue weighted by Gasteiger charge is -2.28. The average Bonchev–Trinajstić information content (AvgIpc) is 2.98. The fourth-order valence-electron chi connectivity index (χ4n) is 3.33. The van der Waals surface area contributed by atoms with Crippen LogP contribution in [0.15, 0.2) is 30.5 Å². The predicted molar refractivity (Wildman–Crippen MR) is 78.1 cm³/mol. The minimum absolute atomic E-state index is 0.458. The molecule has 0 aliphatic heterocycles. The second kappa shape index (κ2) is 4.99. The van der Waals surface area contributed by atoms with Crippen molar-refractivity contribution in [3.63, 3.8) is 0 Å². The summed E-state index contributed by atoms with van der Waals surface area (Å²) in [6, 6.07) is 8.49. The molecule has 3 heteroatoms. The third-order valence-electron chi connectivity index (χ3n) is 4.22. The van der Waals surface area contributed by atoms with Crippen molar-refractivity contribution in [1.29, 1.82) is 0 Å². The molecule has 2 aromatic rings. The number of nitrogens with zero attached hydrogens (tertiary/aromatic N) is 1. The maximum atomic E-state index is 10.5. The van der Waals surface area contributed by atoms with Crippen molar-refractivity contribution in [2.45, 2.75) is 37.8 Å². The average molecular weight is 258 g/mol. The van der Waals surface area contributed by atoms with Crippen LogP contribution >= 0.6 is 0 Å². The van der Waals surface area contributed by atoms with E-state index in [-0.39, 0.29) is 0 Å². The molecule has 1 aromatic heterocycles. The van der Waals surface area contributed by atoms with Gasteiger partial charge in [0.1, 0.15) is 0 Å². The van der Waals surface area contributed by atoms with Crippen LogP contribution in [0.1, 0.15) is 31.2 Å². The van der Waals surface area contributed by atoms with Gasteiger partial charge in [-0.15, -0.1) is 0 Å². The molecule has 1 saturated carbocycles. The molecular formula is C16H22N2O. The van der Waals surface area contributed by atoms with Crippen LogP contribution < -0.4 is 0 Å². The minimum Gasteiger partial charge on any atom is -0.389 e. The molecule has 0 atom stereocenters. The van der Waals surface area contributed by atoms with E-state index < -0.39 is 5.60 Å². The zero-order chi connectivity index (χ0) is 13.3. The van der Waals surface area contributed by atoms with Gasteiger partial charge in [-0.1, -0.05) is 25.0 Å². The highest BCUT2D eigenvalue weighted by molar-refractivity contribution is 5.82. The molecule has 0 bridgehead atoms. The van der Waals surface area contributed by atoms with Gasteiger partial charge in [0.2, 0.25) is 0 Å². The third-order valence-corrected chi connectivity index (χ3v) is 4.22. The number of hydrogen-bond donors (Lipinski definition) is 2. The molecule has 3 nitrogen and oxygen atoms in total. The molecule has 1 fully saturated rings. The molecule has 1 aromatic carbocycles. The summed E-state index contributed by atoms with van der Waals surface area (Å²) in [5.41, 5.74) is 2.05. The molecular weight excluding hydrogens is 236 g/mol. The summed E-state index contributed by atoms with van der Waals surface area (Å²) in [6.45, 7) is 1.66. The van der Waals surface area contributed by atoms with Gasteiger partial charge in [0.25, 0.3) is 0 Å². The second-order valence-electron chi connectivity index (χ2n) is 5.96. The van der Waals surface area contributed by atoms with Crippen LogP contribution in [-0.2, 0) is 6.54 Å². The summed E-state index contributed by atoms with van der Waals surface area (Å²) in [5, 5.41) is 11.8. The summed E-state index contributed by atoms with van der Waals surface area (Å²) in [6.07, 6.45) is 6.21. The number of aromatic amines is 1. The Bertz CT molecular complexity index is 555. The van der Waals surface area contributed by atoms with E-state index in [1.165, 1.54) is 16.5 Å². The summed E-state index contributed by atoms with van der Waals surface area (Å²) in [7, 11) is 2.10. The van der Waals surface area contributed by atoms with E-state index in [0.29, 0.717) is 0 Å². The number of fused-ring (bicyclic) bond motifs is 1. The van der Waals surface area contributed by atoms with Crippen molar-refractivity contribution in [1.82, 2.24) is 9.88 Å². The zero-order valence-electron chi connectivity index (χ0n) is 11.5. The monoisotopic (exact) mass is 258 g/mol. The van der Waals surface area contributed by atoms with Crippen molar-refractivity contribution in [2.24, 2.45) is 0 Å². The molecule has 0 saturated heterocycles. The molecule has 0 spiro atoms. The van der Waals surface area contributed by atoms with E-state index in [1.807, 2.05) is 6.20 Å². The number of rotatable bonds is 4. The van der Waals surface area contributed by atoms with Crippen molar-refractivity contribution in [3.05, 3.63) is 36.0 Å². The topological polar surface area (TPSA) is 39.3 Å². The Morgan fingerprint density at radius 2 is 2.05 bits per heavy atom. The third kappa shape index (κ3) is 2.67. The highest BCUT2D eigenvalue weighted by atomic mass is 16.3. The maximum Gasteiger partial charge on any atom is 0.0774 e. The first-order chi connectivity index (χ1) is 9.16. The van der Waals surface area contributed by atoms with Crippen molar-refractivity contribution < 1.29 is 5.11 Å². The van der Waals surface area contributed by atoms with Crippen molar-refractivity contribution >= 4 is 10.9 Å². The first-order valence-corrected chi connectivity index (χ1v) is 7.12. The van der Waals surface area contributed by atoms with E-state index in [9.17, 15) is 5.11 Å². The number of likely N-dealkylation sites (N-methyl/N-ethyl adjacent to an activating group) is 1. The van der Waals surface area contributed by atoms with Crippen molar-refractivity contribution in [2.75, 3.05) is 13.6 Å². The second-order valence-corrected chi connectivity index (χ2v) is 5.96. The Hall–Kier alpha value is -1.32. The highest BCUT2D eigenvalue weighted by Gasteiger charge is 2.32. The SMILES string of the molecule is CN(Cc1cccc2[nH]ccc12)CC1(O)CCCC1. The van der Waals surface area contributed by atoms with Gasteiger partial charge < -0.3 is 10.1 Å². The van der Waals surface area contributed by atoms with Gasteiger partial charge in [0, 0.05) is 30.2 Å². The first-order valence-electron chi connectivity index (χ1n) is 7.12. The molecule has 0 amide bonds. The van der Waals surface area contributed by atoms with E-state index in [0.717, 1.165) is 38.8 Å². The van der Waals surface area contributed by atoms with Gasteiger partial charge in [-0.25, -0.2) is 0 Å². The normalized spacial score (nSPS) is 18.5. The van der Waals surface area contributed by atoms with E-state index >= 15 is 0 Å². The van der Waals surface area contributed by atoms with Gasteiger partial charge >= 0.3 is 0 Å². The summed E-state index contributed by atoms with van der Waals surface area (Å²) >= 11 is 0. The van der Waals surface area contributed by atoms with Crippen LogP contribution in [0.2, 0.25) is 0 Å². The van der Waals surface area contributed by atoms with Gasteiger partial charge in [0.05, 0.1) is 5.60 Å². The number of H-pyrrole nitrogens is 1. The molecule has 102 valence electrons. The minimum atomic E-state index is -0.458. The van der Waals surface area contributed by atoms with Crippen LogP contribution in [0.3, 0.4) is 0 Å². The highest BCUT2D eigenvalue weighted by Crippen LogP contribution is 2.30.